The van der Waals surface area contributed by atoms with Crippen LogP contribution < -0.4 is 5.32 Å². The second-order valence-corrected chi connectivity index (χ2v) is 9.76. The van der Waals surface area contributed by atoms with Crippen LogP contribution in [-0.4, -0.2) is 41.6 Å². The molecule has 5 nitrogen and oxygen atoms in total. The summed E-state index contributed by atoms with van der Waals surface area (Å²) in [5.41, 5.74) is 1.96. The molecule has 0 aromatic heterocycles. The number of likely N-dealkylation sites (tertiary alicyclic amines) is 1. The van der Waals surface area contributed by atoms with Crippen LogP contribution in [0.3, 0.4) is 0 Å². The maximum absolute atomic E-state index is 12.8. The van der Waals surface area contributed by atoms with Gasteiger partial charge < -0.3 is 15.0 Å². The number of piperidine rings is 1. The molecule has 0 aliphatic carbocycles. The van der Waals surface area contributed by atoms with Crippen LogP contribution in [0.1, 0.15) is 54.6 Å². The number of halogens is 2. The van der Waals surface area contributed by atoms with Crippen molar-refractivity contribution in [2.75, 3.05) is 13.1 Å². The number of nitrogens with one attached hydrogen (secondary N) is 1. The van der Waals surface area contributed by atoms with Crippen molar-refractivity contribution >= 4 is 35.2 Å². The maximum atomic E-state index is 12.8. The lowest BCUT2D eigenvalue weighted by atomic mass is 9.85. The fourth-order valence-corrected chi connectivity index (χ4v) is 3.95. The van der Waals surface area contributed by atoms with Gasteiger partial charge in [-0.2, -0.15) is 0 Å². The number of aryl methyl sites for hydroxylation is 1. The van der Waals surface area contributed by atoms with Crippen LogP contribution in [0.2, 0.25) is 10.0 Å². The monoisotopic (exact) mass is 462 g/mol. The van der Waals surface area contributed by atoms with Crippen LogP contribution in [0.4, 0.5) is 4.79 Å². The molecule has 1 aliphatic heterocycles. The Labute approximate surface area is 193 Å². The lowest BCUT2D eigenvalue weighted by molar-refractivity contribution is 0.0177. The highest BCUT2D eigenvalue weighted by atomic mass is 35.5. The summed E-state index contributed by atoms with van der Waals surface area (Å²) in [6.07, 6.45) is 0.274. The van der Waals surface area contributed by atoms with E-state index in [2.05, 4.69) is 5.32 Å². The first-order valence-electron chi connectivity index (χ1n) is 10.3. The average molecular weight is 463 g/mol. The molecule has 2 amide bonds. The normalized spacial score (nSPS) is 19.1. The summed E-state index contributed by atoms with van der Waals surface area (Å²) >= 11 is 12.2. The zero-order chi connectivity index (χ0) is 22.8. The third-order valence-electron chi connectivity index (χ3n) is 5.30. The molecule has 2 unspecified atom stereocenters. The van der Waals surface area contributed by atoms with E-state index in [1.165, 1.54) is 0 Å². The Morgan fingerprint density at radius 3 is 2.39 bits per heavy atom. The lowest BCUT2D eigenvalue weighted by Crippen LogP contribution is -2.52. The number of nitrogens with zero attached hydrogens (tertiary/aromatic N) is 1. The number of ether oxygens (including phenoxy) is 1. The Balaban J connectivity index is 1.83. The average Bonchev–Trinajstić information content (AvgIpc) is 2.69. The van der Waals surface area contributed by atoms with Crippen molar-refractivity contribution in [3.8, 4) is 0 Å². The third kappa shape index (κ3) is 6.14. The molecule has 2 atom stereocenters. The van der Waals surface area contributed by atoms with Crippen molar-refractivity contribution in [1.82, 2.24) is 10.2 Å². The highest BCUT2D eigenvalue weighted by Gasteiger charge is 2.35. The Bertz CT molecular complexity index is 954. The SMILES string of the molecule is Cc1cc(C2CN(C(=O)OC(C)(C)C)CCC2NC(=O)c2ccc(Cl)cc2)ccc1Cl. The van der Waals surface area contributed by atoms with Crippen LogP contribution in [0, 0.1) is 6.92 Å². The summed E-state index contributed by atoms with van der Waals surface area (Å²) in [7, 11) is 0. The Morgan fingerprint density at radius 1 is 1.10 bits per heavy atom. The van der Waals surface area contributed by atoms with E-state index < -0.39 is 5.60 Å². The standard InChI is InChI=1S/C24H28Cl2N2O3/c1-15-13-17(7-10-20(15)26)19-14-28(23(30)31-24(2,3)4)12-11-21(19)27-22(29)16-5-8-18(25)9-6-16/h5-10,13,19,21H,11-12,14H2,1-4H3,(H,27,29). The van der Waals surface area contributed by atoms with E-state index in [-0.39, 0.29) is 24.0 Å². The summed E-state index contributed by atoms with van der Waals surface area (Å²) in [5, 5.41) is 4.42. The van der Waals surface area contributed by atoms with Gasteiger partial charge in [-0.1, -0.05) is 35.3 Å². The van der Waals surface area contributed by atoms with Crippen molar-refractivity contribution < 1.29 is 14.3 Å². The molecule has 1 saturated heterocycles. The Morgan fingerprint density at radius 2 is 1.77 bits per heavy atom. The van der Waals surface area contributed by atoms with Crippen LogP contribution in [0.25, 0.3) is 0 Å². The minimum Gasteiger partial charge on any atom is -0.444 e. The van der Waals surface area contributed by atoms with E-state index >= 15 is 0 Å². The Hall–Kier alpha value is -2.24. The maximum Gasteiger partial charge on any atom is 0.410 e. The molecule has 2 aromatic rings. The highest BCUT2D eigenvalue weighted by Crippen LogP contribution is 2.31. The van der Waals surface area contributed by atoms with E-state index in [1.807, 2.05) is 45.9 Å². The molecule has 0 radical (unpaired) electrons. The van der Waals surface area contributed by atoms with Crippen molar-refractivity contribution in [2.24, 2.45) is 0 Å². The molecule has 7 heteroatoms. The number of carbonyl (C=O) groups excluding carboxylic acids is 2. The van der Waals surface area contributed by atoms with Gasteiger partial charge in [-0.3, -0.25) is 4.79 Å². The molecule has 1 fully saturated rings. The number of hydrogen-bond donors (Lipinski definition) is 1. The highest BCUT2D eigenvalue weighted by molar-refractivity contribution is 6.31. The first-order valence-corrected chi connectivity index (χ1v) is 11.1. The number of carbonyl (C=O) groups is 2. The number of amides is 2. The molecule has 2 aromatic carbocycles. The Kier molecular flexibility index (Phi) is 7.17. The van der Waals surface area contributed by atoms with Gasteiger partial charge in [0, 0.05) is 40.7 Å². The third-order valence-corrected chi connectivity index (χ3v) is 5.97. The molecule has 0 spiro atoms. The molecule has 1 heterocycles. The predicted octanol–water partition coefficient (Wildman–Crippen LogP) is 5.82. The van der Waals surface area contributed by atoms with Gasteiger partial charge in [0.25, 0.3) is 5.91 Å². The smallest absolute Gasteiger partial charge is 0.410 e. The number of hydrogen-bond acceptors (Lipinski definition) is 3. The second-order valence-electron chi connectivity index (χ2n) is 8.92. The minimum atomic E-state index is -0.566. The van der Waals surface area contributed by atoms with Crippen molar-refractivity contribution in [3.05, 3.63) is 69.2 Å². The first-order chi connectivity index (χ1) is 14.5. The molecular weight excluding hydrogens is 435 g/mol. The van der Waals surface area contributed by atoms with E-state index in [9.17, 15) is 9.59 Å². The van der Waals surface area contributed by atoms with Crippen molar-refractivity contribution in [1.29, 1.82) is 0 Å². The first kappa shape index (κ1) is 23.4. The molecule has 1 aliphatic rings. The van der Waals surface area contributed by atoms with E-state index in [0.29, 0.717) is 35.1 Å². The molecule has 0 saturated carbocycles. The van der Waals surface area contributed by atoms with E-state index in [1.54, 1.807) is 29.2 Å². The van der Waals surface area contributed by atoms with Gasteiger partial charge in [0.05, 0.1) is 0 Å². The fraction of sp³-hybridized carbons (Fsp3) is 0.417. The minimum absolute atomic E-state index is 0.0894. The van der Waals surface area contributed by atoms with E-state index in [0.717, 1.165) is 11.1 Å². The van der Waals surface area contributed by atoms with Crippen LogP contribution in [0.15, 0.2) is 42.5 Å². The van der Waals surface area contributed by atoms with Gasteiger partial charge in [-0.05, 0) is 75.6 Å². The fourth-order valence-electron chi connectivity index (χ4n) is 3.71. The second kappa shape index (κ2) is 9.49. The van der Waals surface area contributed by atoms with Gasteiger partial charge in [0.15, 0.2) is 0 Å². The molecule has 0 bridgehead atoms. The van der Waals surface area contributed by atoms with Crippen LogP contribution in [0.5, 0.6) is 0 Å². The molecule has 1 N–H and O–H groups in total. The number of rotatable bonds is 3. The van der Waals surface area contributed by atoms with Gasteiger partial charge >= 0.3 is 6.09 Å². The summed E-state index contributed by atoms with van der Waals surface area (Å²) < 4.78 is 5.57. The molecule has 166 valence electrons. The van der Waals surface area contributed by atoms with E-state index in [4.69, 9.17) is 27.9 Å². The lowest BCUT2D eigenvalue weighted by Gasteiger charge is -2.39. The van der Waals surface area contributed by atoms with Crippen LogP contribution in [-0.2, 0) is 4.74 Å². The zero-order valence-electron chi connectivity index (χ0n) is 18.2. The van der Waals surface area contributed by atoms with Gasteiger partial charge in [-0.25, -0.2) is 4.79 Å². The quantitative estimate of drug-likeness (QED) is 0.624. The predicted molar refractivity (Wildman–Crippen MR) is 124 cm³/mol. The topological polar surface area (TPSA) is 58.6 Å². The van der Waals surface area contributed by atoms with Gasteiger partial charge in [0.2, 0.25) is 0 Å². The molecular formula is C24H28Cl2N2O3. The summed E-state index contributed by atoms with van der Waals surface area (Å²) in [6, 6.07) is 12.5. The van der Waals surface area contributed by atoms with Crippen LogP contribution >= 0.6 is 23.2 Å². The summed E-state index contributed by atoms with van der Waals surface area (Å²) in [6.45, 7) is 8.45. The van der Waals surface area contributed by atoms with Gasteiger partial charge in [-0.15, -0.1) is 0 Å². The van der Waals surface area contributed by atoms with Crippen molar-refractivity contribution in [2.45, 2.75) is 51.7 Å². The van der Waals surface area contributed by atoms with Crippen molar-refractivity contribution in [3.63, 3.8) is 0 Å². The summed E-state index contributed by atoms with van der Waals surface area (Å²) in [5.74, 6) is -0.253. The molecule has 3 rings (SSSR count). The summed E-state index contributed by atoms with van der Waals surface area (Å²) in [4.78, 5) is 27.2. The van der Waals surface area contributed by atoms with Gasteiger partial charge in [0.1, 0.15) is 5.60 Å². The number of benzene rings is 2. The molecule has 31 heavy (non-hydrogen) atoms. The zero-order valence-corrected chi connectivity index (χ0v) is 19.8. The largest absolute Gasteiger partial charge is 0.444 e.